The zero-order valence-electron chi connectivity index (χ0n) is 15.4. The number of likely N-dealkylation sites (tertiary alicyclic amines) is 1. The lowest BCUT2D eigenvalue weighted by molar-refractivity contribution is -0.144. The summed E-state index contributed by atoms with van der Waals surface area (Å²) < 4.78 is 46.4. The number of carboxylic acid groups (broad SMARTS) is 1. The van der Waals surface area contributed by atoms with E-state index >= 15 is 0 Å². The normalized spacial score (nSPS) is 19.2. The van der Waals surface area contributed by atoms with Gasteiger partial charge < -0.3 is 9.84 Å². The van der Waals surface area contributed by atoms with Gasteiger partial charge in [0, 0.05) is 6.54 Å². The fraction of sp³-hybridized carbons (Fsp3) is 0.381. The number of carbonyl (C=O) groups is 1. The first kappa shape index (κ1) is 20.2. The second-order valence-electron chi connectivity index (χ2n) is 6.94. The second-order valence-corrected chi connectivity index (χ2v) is 6.94. The molecule has 1 aliphatic heterocycles. The Bertz CT molecular complexity index is 838. The molecule has 28 heavy (non-hydrogen) atoms. The summed E-state index contributed by atoms with van der Waals surface area (Å²) in [5.41, 5.74) is 0.0525. The van der Waals surface area contributed by atoms with Gasteiger partial charge in [-0.1, -0.05) is 30.3 Å². The Hall–Kier alpha value is -2.54. The Labute approximate surface area is 161 Å². The molecule has 0 bridgehead atoms. The number of hydrogen-bond acceptors (Lipinski definition) is 3. The van der Waals surface area contributed by atoms with Crippen molar-refractivity contribution in [3.8, 4) is 5.75 Å². The third kappa shape index (κ3) is 4.30. The maximum atomic E-state index is 13.7. The molecule has 1 N–H and O–H groups in total. The van der Waals surface area contributed by atoms with Crippen LogP contribution in [-0.2, 0) is 11.0 Å². The molecule has 0 aromatic heterocycles. The van der Waals surface area contributed by atoms with Crippen molar-refractivity contribution in [1.29, 1.82) is 0 Å². The first-order valence-corrected chi connectivity index (χ1v) is 9.08. The van der Waals surface area contributed by atoms with Crippen molar-refractivity contribution < 1.29 is 27.8 Å². The Morgan fingerprint density at radius 2 is 1.96 bits per heavy atom. The quantitative estimate of drug-likeness (QED) is 0.807. The van der Waals surface area contributed by atoms with Crippen molar-refractivity contribution >= 4 is 5.97 Å². The molecule has 150 valence electrons. The molecule has 0 spiro atoms. The van der Waals surface area contributed by atoms with Crippen LogP contribution in [0, 0.1) is 5.92 Å². The average molecular weight is 393 g/mol. The average Bonchev–Trinajstić information content (AvgIpc) is 2.68. The van der Waals surface area contributed by atoms with E-state index in [1.165, 1.54) is 19.2 Å². The van der Waals surface area contributed by atoms with E-state index in [4.69, 9.17) is 4.74 Å². The first-order chi connectivity index (χ1) is 13.3. The predicted octanol–water partition coefficient (Wildman–Crippen LogP) is 4.60. The number of piperidine rings is 1. The number of hydrogen-bond donors (Lipinski definition) is 1. The maximum absolute atomic E-state index is 13.7. The molecular weight excluding hydrogens is 371 g/mol. The summed E-state index contributed by atoms with van der Waals surface area (Å²) >= 11 is 0. The summed E-state index contributed by atoms with van der Waals surface area (Å²) in [5, 5.41) is 9.42. The van der Waals surface area contributed by atoms with E-state index in [0.29, 0.717) is 30.7 Å². The summed E-state index contributed by atoms with van der Waals surface area (Å²) in [4.78, 5) is 13.3. The number of benzene rings is 2. The van der Waals surface area contributed by atoms with Gasteiger partial charge in [-0.05, 0) is 48.7 Å². The number of carboxylic acids is 1. The van der Waals surface area contributed by atoms with Crippen molar-refractivity contribution in [3.05, 3.63) is 65.2 Å². The van der Waals surface area contributed by atoms with Gasteiger partial charge in [0.2, 0.25) is 0 Å². The highest BCUT2D eigenvalue weighted by atomic mass is 19.4. The van der Waals surface area contributed by atoms with Gasteiger partial charge in [0.05, 0.1) is 24.6 Å². The zero-order chi connectivity index (χ0) is 20.3. The van der Waals surface area contributed by atoms with E-state index in [1.54, 1.807) is 30.3 Å². The van der Waals surface area contributed by atoms with Gasteiger partial charge >= 0.3 is 12.1 Å². The van der Waals surface area contributed by atoms with Crippen LogP contribution in [0.5, 0.6) is 5.75 Å². The Morgan fingerprint density at radius 1 is 1.21 bits per heavy atom. The number of aliphatic carboxylic acids is 1. The van der Waals surface area contributed by atoms with Crippen molar-refractivity contribution in [1.82, 2.24) is 4.90 Å². The molecule has 0 aliphatic carbocycles. The van der Waals surface area contributed by atoms with Crippen LogP contribution in [0.1, 0.15) is 35.6 Å². The lowest BCUT2D eigenvalue weighted by Gasteiger charge is -2.38. The minimum atomic E-state index is -4.50. The Morgan fingerprint density at radius 3 is 2.64 bits per heavy atom. The molecule has 2 unspecified atom stereocenters. The topological polar surface area (TPSA) is 49.8 Å². The van der Waals surface area contributed by atoms with Gasteiger partial charge in [0.25, 0.3) is 0 Å². The van der Waals surface area contributed by atoms with Gasteiger partial charge in [-0.2, -0.15) is 13.2 Å². The minimum absolute atomic E-state index is 0.120. The van der Waals surface area contributed by atoms with E-state index in [-0.39, 0.29) is 12.1 Å². The smallest absolute Gasteiger partial charge is 0.416 e. The molecule has 2 atom stereocenters. The molecule has 1 saturated heterocycles. The number of alkyl halides is 3. The van der Waals surface area contributed by atoms with Crippen LogP contribution < -0.4 is 4.74 Å². The fourth-order valence-electron chi connectivity index (χ4n) is 3.83. The Balaban J connectivity index is 2.12. The van der Waals surface area contributed by atoms with Gasteiger partial charge in [-0.25, -0.2) is 0 Å². The van der Waals surface area contributed by atoms with Crippen LogP contribution >= 0.6 is 0 Å². The summed E-state index contributed by atoms with van der Waals surface area (Å²) in [6.45, 7) is 0.723. The molecule has 0 saturated carbocycles. The van der Waals surface area contributed by atoms with E-state index < -0.39 is 29.7 Å². The molecule has 1 fully saturated rings. The minimum Gasteiger partial charge on any atom is -0.497 e. The number of methoxy groups -OCH3 is 1. The molecule has 0 amide bonds. The highest BCUT2D eigenvalue weighted by molar-refractivity contribution is 5.70. The molecule has 7 heteroatoms. The van der Waals surface area contributed by atoms with Crippen molar-refractivity contribution in [2.45, 2.75) is 25.1 Å². The summed E-state index contributed by atoms with van der Waals surface area (Å²) in [6.07, 6.45) is -3.36. The predicted molar refractivity (Wildman–Crippen MR) is 98.2 cm³/mol. The van der Waals surface area contributed by atoms with Gasteiger partial charge in [-0.3, -0.25) is 9.69 Å². The van der Waals surface area contributed by atoms with Gasteiger partial charge in [0.15, 0.2) is 0 Å². The molecule has 3 rings (SSSR count). The van der Waals surface area contributed by atoms with Crippen molar-refractivity contribution in [3.63, 3.8) is 0 Å². The van der Waals surface area contributed by atoms with Crippen molar-refractivity contribution in [2.24, 2.45) is 5.92 Å². The number of rotatable bonds is 5. The molecule has 1 aliphatic rings. The summed E-state index contributed by atoms with van der Waals surface area (Å²) in [7, 11) is 1.50. The van der Waals surface area contributed by atoms with Crippen LogP contribution in [0.2, 0.25) is 0 Å². The Kier molecular flexibility index (Phi) is 5.93. The van der Waals surface area contributed by atoms with E-state index in [9.17, 15) is 23.1 Å². The first-order valence-electron chi connectivity index (χ1n) is 9.08. The number of halogens is 3. The lowest BCUT2D eigenvalue weighted by atomic mass is 9.89. The van der Waals surface area contributed by atoms with Crippen LogP contribution in [0.3, 0.4) is 0 Å². The van der Waals surface area contributed by atoms with E-state index in [2.05, 4.69) is 0 Å². The fourth-order valence-corrected chi connectivity index (χ4v) is 3.83. The van der Waals surface area contributed by atoms with E-state index in [0.717, 1.165) is 6.07 Å². The third-order valence-electron chi connectivity index (χ3n) is 5.14. The molecule has 4 nitrogen and oxygen atoms in total. The van der Waals surface area contributed by atoms with Crippen LogP contribution in [-0.4, -0.2) is 36.2 Å². The third-order valence-corrected chi connectivity index (χ3v) is 5.14. The highest BCUT2D eigenvalue weighted by Crippen LogP contribution is 2.40. The standard InChI is InChI=1S/C21H22F3NO3/c1-28-16-8-4-6-14(12-16)19(25-11-5-7-15(13-25)20(26)27)17-9-2-3-10-18(17)21(22,23)24/h2-4,6,8-10,12,15,19H,5,7,11,13H2,1H3,(H,26,27). The molecular formula is C21H22F3NO3. The maximum Gasteiger partial charge on any atom is 0.416 e. The molecule has 2 aromatic carbocycles. The number of ether oxygens (including phenoxy) is 1. The van der Waals surface area contributed by atoms with Crippen molar-refractivity contribution in [2.75, 3.05) is 20.2 Å². The number of nitrogens with zero attached hydrogens (tertiary/aromatic N) is 1. The summed E-state index contributed by atoms with van der Waals surface area (Å²) in [6, 6.07) is 11.7. The van der Waals surface area contributed by atoms with Crippen LogP contribution in [0.4, 0.5) is 13.2 Å². The van der Waals surface area contributed by atoms with Crippen LogP contribution in [0.15, 0.2) is 48.5 Å². The highest BCUT2D eigenvalue weighted by Gasteiger charge is 2.38. The summed E-state index contributed by atoms with van der Waals surface area (Å²) in [5.74, 6) is -0.975. The van der Waals surface area contributed by atoms with Crippen LogP contribution in [0.25, 0.3) is 0 Å². The lowest BCUT2D eigenvalue weighted by Crippen LogP contribution is -2.41. The molecule has 0 radical (unpaired) electrons. The second kappa shape index (κ2) is 8.22. The zero-order valence-corrected chi connectivity index (χ0v) is 15.4. The van der Waals surface area contributed by atoms with Gasteiger partial charge in [-0.15, -0.1) is 0 Å². The monoisotopic (exact) mass is 393 g/mol. The van der Waals surface area contributed by atoms with Gasteiger partial charge in [0.1, 0.15) is 5.75 Å². The largest absolute Gasteiger partial charge is 0.497 e. The molecule has 2 aromatic rings. The molecule has 1 heterocycles. The SMILES string of the molecule is COc1cccc(C(c2ccccc2C(F)(F)F)N2CCCC(C(=O)O)C2)c1. The van der Waals surface area contributed by atoms with E-state index in [1.807, 2.05) is 4.90 Å².